The van der Waals surface area contributed by atoms with Gasteiger partial charge in [-0.05, 0) is 43.4 Å². The van der Waals surface area contributed by atoms with Gasteiger partial charge in [0.25, 0.3) is 0 Å². The summed E-state index contributed by atoms with van der Waals surface area (Å²) in [4.78, 5) is 19.4. The molecule has 0 spiro atoms. The topological polar surface area (TPSA) is 51.0 Å². The van der Waals surface area contributed by atoms with Gasteiger partial charge in [-0.1, -0.05) is 30.2 Å². The number of nitrogens with zero attached hydrogens (tertiary/aromatic N) is 4. The Hall–Kier alpha value is -1.88. The van der Waals surface area contributed by atoms with Crippen molar-refractivity contribution in [2.24, 2.45) is 0 Å². The maximum absolute atomic E-state index is 13.4. The highest BCUT2D eigenvalue weighted by Gasteiger charge is 2.48. The Morgan fingerprint density at radius 1 is 1.21 bits per heavy atom. The van der Waals surface area contributed by atoms with Gasteiger partial charge in [-0.15, -0.1) is 0 Å². The van der Waals surface area contributed by atoms with E-state index >= 15 is 0 Å². The summed E-state index contributed by atoms with van der Waals surface area (Å²) in [6, 6.07) is 8.03. The van der Waals surface area contributed by atoms with E-state index < -0.39 is 0 Å². The van der Waals surface area contributed by atoms with E-state index in [1.54, 1.807) is 12.7 Å². The van der Waals surface area contributed by atoms with Crippen LogP contribution in [-0.4, -0.2) is 38.7 Å². The number of piperidine rings is 1. The number of hydrogen-bond donors (Lipinski definition) is 0. The Morgan fingerprint density at radius 2 is 2.00 bits per heavy atom. The molecule has 1 amide bonds. The molecule has 5 nitrogen and oxygen atoms in total. The molecule has 4 rings (SSSR count). The lowest BCUT2D eigenvalue weighted by atomic mass is 9.63. The van der Waals surface area contributed by atoms with Crippen molar-refractivity contribution in [2.75, 3.05) is 13.1 Å². The van der Waals surface area contributed by atoms with Gasteiger partial charge in [-0.3, -0.25) is 4.79 Å². The number of amides is 1. The molecule has 0 N–H and O–H groups in total. The number of hydrogen-bond acceptors (Lipinski definition) is 3. The zero-order valence-electron chi connectivity index (χ0n) is 13.6. The minimum Gasteiger partial charge on any atom is -0.340 e. The van der Waals surface area contributed by atoms with Crippen LogP contribution in [0.25, 0.3) is 0 Å². The van der Waals surface area contributed by atoms with Crippen molar-refractivity contribution in [3.63, 3.8) is 0 Å². The first-order chi connectivity index (χ1) is 11.7. The van der Waals surface area contributed by atoms with Gasteiger partial charge in [-0.25, -0.2) is 9.67 Å². The van der Waals surface area contributed by atoms with Crippen molar-refractivity contribution in [2.45, 2.75) is 43.6 Å². The standard InChI is InChI=1S/C18H21ClN4O/c19-15-6-4-14(5-7-15)18(8-2-9-18)17(24)22-10-1-3-16(11-22)23-13-20-12-21-23/h4-7,12-13,16H,1-3,8-11H2. The number of carbonyl (C=O) groups is 1. The molecular formula is C18H21ClN4O. The SMILES string of the molecule is O=C(N1CCCC(n2cncn2)C1)C1(c2ccc(Cl)cc2)CCC1. The van der Waals surface area contributed by atoms with Crippen LogP contribution in [0.15, 0.2) is 36.9 Å². The molecule has 126 valence electrons. The lowest BCUT2D eigenvalue weighted by Crippen LogP contribution is -2.53. The molecule has 1 saturated carbocycles. The van der Waals surface area contributed by atoms with E-state index in [1.807, 2.05) is 33.8 Å². The maximum Gasteiger partial charge on any atom is 0.233 e. The van der Waals surface area contributed by atoms with Crippen molar-refractivity contribution < 1.29 is 4.79 Å². The summed E-state index contributed by atoms with van der Waals surface area (Å²) in [5.74, 6) is 0.265. The third-order valence-corrected chi connectivity index (χ3v) is 5.76. The summed E-state index contributed by atoms with van der Waals surface area (Å²) >= 11 is 6.02. The normalized spacial score (nSPS) is 22.9. The Labute approximate surface area is 146 Å². The number of benzene rings is 1. The molecule has 2 aliphatic rings. The minimum absolute atomic E-state index is 0.229. The highest BCUT2D eigenvalue weighted by molar-refractivity contribution is 6.30. The van der Waals surface area contributed by atoms with E-state index in [0.29, 0.717) is 5.02 Å². The minimum atomic E-state index is -0.352. The van der Waals surface area contributed by atoms with Gasteiger partial charge >= 0.3 is 0 Å². The number of halogens is 1. The molecule has 1 aromatic heterocycles. The van der Waals surface area contributed by atoms with E-state index in [2.05, 4.69) is 10.1 Å². The zero-order chi connectivity index (χ0) is 16.6. The molecule has 0 bridgehead atoms. The summed E-state index contributed by atoms with van der Waals surface area (Å²) in [6.45, 7) is 1.55. The Kier molecular flexibility index (Phi) is 4.04. The lowest BCUT2D eigenvalue weighted by Gasteiger charge is -2.46. The average Bonchev–Trinajstić information content (AvgIpc) is 3.10. The molecule has 6 heteroatoms. The molecule has 0 radical (unpaired) electrons. The summed E-state index contributed by atoms with van der Waals surface area (Å²) in [5, 5.41) is 4.96. The molecule has 1 aromatic carbocycles. The third kappa shape index (κ3) is 2.61. The van der Waals surface area contributed by atoms with Crippen molar-refractivity contribution in [3.05, 3.63) is 47.5 Å². The van der Waals surface area contributed by atoms with Crippen LogP contribution in [0.4, 0.5) is 0 Å². The smallest absolute Gasteiger partial charge is 0.233 e. The van der Waals surface area contributed by atoms with Gasteiger partial charge in [0.05, 0.1) is 11.5 Å². The van der Waals surface area contributed by atoms with E-state index in [9.17, 15) is 4.79 Å². The summed E-state index contributed by atoms with van der Waals surface area (Å²) in [6.07, 6.45) is 8.32. The number of likely N-dealkylation sites (tertiary alicyclic amines) is 1. The van der Waals surface area contributed by atoms with Gasteiger partial charge in [0.1, 0.15) is 12.7 Å². The van der Waals surface area contributed by atoms with Crippen molar-refractivity contribution in [3.8, 4) is 0 Å². The quantitative estimate of drug-likeness (QED) is 0.859. The number of aromatic nitrogens is 3. The molecule has 1 saturated heterocycles. The van der Waals surface area contributed by atoms with Gasteiger partial charge < -0.3 is 4.90 Å². The first kappa shape index (κ1) is 15.6. The summed E-state index contributed by atoms with van der Waals surface area (Å²) in [7, 11) is 0. The molecular weight excluding hydrogens is 324 g/mol. The van der Waals surface area contributed by atoms with Crippen LogP contribution in [0.3, 0.4) is 0 Å². The fourth-order valence-electron chi connectivity index (χ4n) is 3.99. The van der Waals surface area contributed by atoms with E-state index in [0.717, 1.165) is 50.8 Å². The second-order valence-electron chi connectivity index (χ2n) is 6.87. The monoisotopic (exact) mass is 344 g/mol. The van der Waals surface area contributed by atoms with Gasteiger partial charge in [0.15, 0.2) is 0 Å². The Bertz CT molecular complexity index is 709. The van der Waals surface area contributed by atoms with E-state index in [1.165, 1.54) is 0 Å². The predicted octanol–water partition coefficient (Wildman–Crippen LogP) is 3.22. The average molecular weight is 345 g/mol. The van der Waals surface area contributed by atoms with Gasteiger partial charge in [-0.2, -0.15) is 5.10 Å². The highest BCUT2D eigenvalue weighted by atomic mass is 35.5. The zero-order valence-corrected chi connectivity index (χ0v) is 14.3. The first-order valence-electron chi connectivity index (χ1n) is 8.59. The van der Waals surface area contributed by atoms with Crippen molar-refractivity contribution in [1.29, 1.82) is 0 Å². The van der Waals surface area contributed by atoms with Crippen LogP contribution in [-0.2, 0) is 10.2 Å². The Morgan fingerprint density at radius 3 is 2.62 bits per heavy atom. The summed E-state index contributed by atoms with van der Waals surface area (Å²) in [5.41, 5.74) is 0.750. The fourth-order valence-corrected chi connectivity index (χ4v) is 4.11. The lowest BCUT2D eigenvalue weighted by molar-refractivity contribution is -0.142. The number of rotatable bonds is 3. The van der Waals surface area contributed by atoms with Crippen LogP contribution in [0.1, 0.15) is 43.7 Å². The molecule has 1 aliphatic heterocycles. The molecule has 2 aromatic rings. The fraction of sp³-hybridized carbons (Fsp3) is 0.500. The first-order valence-corrected chi connectivity index (χ1v) is 8.96. The Balaban J connectivity index is 1.56. The molecule has 1 aliphatic carbocycles. The van der Waals surface area contributed by atoms with Crippen molar-refractivity contribution in [1.82, 2.24) is 19.7 Å². The van der Waals surface area contributed by atoms with E-state index in [-0.39, 0.29) is 17.4 Å². The molecule has 2 fully saturated rings. The number of carbonyl (C=O) groups excluding carboxylic acids is 1. The maximum atomic E-state index is 13.4. The second kappa shape index (κ2) is 6.20. The largest absolute Gasteiger partial charge is 0.340 e. The van der Waals surface area contributed by atoms with Gasteiger partial charge in [0, 0.05) is 18.1 Å². The third-order valence-electron chi connectivity index (χ3n) is 5.51. The van der Waals surface area contributed by atoms with Crippen LogP contribution < -0.4 is 0 Å². The predicted molar refractivity (Wildman–Crippen MR) is 91.9 cm³/mol. The van der Waals surface area contributed by atoms with E-state index in [4.69, 9.17) is 11.6 Å². The molecule has 24 heavy (non-hydrogen) atoms. The van der Waals surface area contributed by atoms with Crippen LogP contribution >= 0.6 is 11.6 Å². The highest BCUT2D eigenvalue weighted by Crippen LogP contribution is 2.46. The molecule has 1 atom stereocenters. The van der Waals surface area contributed by atoms with Crippen LogP contribution in [0, 0.1) is 0 Å². The molecule has 1 unspecified atom stereocenters. The van der Waals surface area contributed by atoms with Crippen molar-refractivity contribution >= 4 is 17.5 Å². The molecule has 2 heterocycles. The summed E-state index contributed by atoms with van der Waals surface area (Å²) < 4.78 is 1.88. The van der Waals surface area contributed by atoms with Gasteiger partial charge in [0.2, 0.25) is 5.91 Å². The second-order valence-corrected chi connectivity index (χ2v) is 7.30. The van der Waals surface area contributed by atoms with Crippen LogP contribution in [0.5, 0.6) is 0 Å². The van der Waals surface area contributed by atoms with Crippen LogP contribution in [0.2, 0.25) is 5.02 Å².